The molecule has 0 aromatic heterocycles. The van der Waals surface area contributed by atoms with Crippen LogP contribution in [-0.2, 0) is 38.1 Å². The summed E-state index contributed by atoms with van der Waals surface area (Å²) in [6.45, 7) is 7.08. The maximum Gasteiger partial charge on any atom is 0.418 e. The average molecular weight is 737 g/mol. The second-order valence-electron chi connectivity index (χ2n) is 10.9. The van der Waals surface area contributed by atoms with Crippen molar-refractivity contribution in [2.45, 2.75) is 77.0 Å². The smallest absolute Gasteiger partial charge is 0.418 e. The first-order chi connectivity index (χ1) is 25.2. The highest BCUT2D eigenvalue weighted by atomic mass is 16.6. The lowest BCUT2D eigenvalue weighted by atomic mass is 10.2. The number of amides is 6. The third kappa shape index (κ3) is 25.6. The molecule has 0 rings (SSSR count). The minimum Gasteiger partial charge on any atom is -0.459 e. The van der Waals surface area contributed by atoms with Crippen LogP contribution in [0, 0.1) is 0 Å². The highest BCUT2D eigenvalue weighted by Gasteiger charge is 2.24. The van der Waals surface area contributed by atoms with Crippen molar-refractivity contribution >= 4 is 48.3 Å². The van der Waals surface area contributed by atoms with Crippen molar-refractivity contribution in [2.24, 2.45) is 9.98 Å². The van der Waals surface area contributed by atoms with Crippen molar-refractivity contribution < 1.29 is 57.3 Å². The van der Waals surface area contributed by atoms with E-state index >= 15 is 0 Å². The minimum absolute atomic E-state index is 0.0520. The number of isocyanates is 2. The molecule has 290 valence electrons. The molecule has 0 fully saturated rings. The van der Waals surface area contributed by atoms with Crippen molar-refractivity contribution in [1.82, 2.24) is 20.4 Å². The van der Waals surface area contributed by atoms with E-state index in [1.807, 2.05) is 0 Å². The number of imide groups is 2. The van der Waals surface area contributed by atoms with Crippen LogP contribution >= 0.6 is 0 Å². The Kier molecular flexibility index (Phi) is 29.5. The van der Waals surface area contributed by atoms with Gasteiger partial charge >= 0.3 is 36.2 Å². The first kappa shape index (κ1) is 46.7. The highest BCUT2D eigenvalue weighted by molar-refractivity contribution is 5.91. The molecule has 0 aliphatic carbocycles. The molecule has 0 saturated carbocycles. The lowest BCUT2D eigenvalue weighted by molar-refractivity contribution is -0.139. The van der Waals surface area contributed by atoms with Gasteiger partial charge in [-0.05, 0) is 38.5 Å². The van der Waals surface area contributed by atoms with E-state index in [0.29, 0.717) is 71.0 Å². The molecule has 0 heterocycles. The molecule has 18 nitrogen and oxygen atoms in total. The number of esters is 2. The van der Waals surface area contributed by atoms with Crippen LogP contribution in [0.15, 0.2) is 35.3 Å². The summed E-state index contributed by atoms with van der Waals surface area (Å²) >= 11 is 0. The zero-order valence-electron chi connectivity index (χ0n) is 29.8. The van der Waals surface area contributed by atoms with Crippen LogP contribution in [0.5, 0.6) is 0 Å². The van der Waals surface area contributed by atoms with Gasteiger partial charge in [-0.3, -0.25) is 0 Å². The number of urea groups is 2. The summed E-state index contributed by atoms with van der Waals surface area (Å²) in [5.74, 6) is -1.35. The summed E-state index contributed by atoms with van der Waals surface area (Å²) in [6, 6.07) is -1.29. The second kappa shape index (κ2) is 32.8. The van der Waals surface area contributed by atoms with E-state index in [-0.39, 0.29) is 46.1 Å². The number of ether oxygens (including phenoxy) is 4. The van der Waals surface area contributed by atoms with Gasteiger partial charge in [-0.1, -0.05) is 51.7 Å². The summed E-state index contributed by atoms with van der Waals surface area (Å²) in [5, 5.41) is 5.39. The van der Waals surface area contributed by atoms with E-state index < -0.39 is 36.2 Å². The molecule has 6 amide bonds. The van der Waals surface area contributed by atoms with Crippen LogP contribution in [0.2, 0.25) is 0 Å². The van der Waals surface area contributed by atoms with E-state index in [1.54, 1.807) is 0 Å². The molecule has 0 radical (unpaired) electrons. The first-order valence-electron chi connectivity index (χ1n) is 17.3. The SMILES string of the molecule is C=CC(=O)OCCOC(=O)N(CCCCCCN=C=O)C(=O)NCCCCCCN(C(=O)NCCCCCCN=C=O)C(=O)OCCOC(=O)C=C. The number of carbonyl (C=O) groups excluding carboxylic acids is 8. The van der Waals surface area contributed by atoms with E-state index in [2.05, 4.69) is 33.8 Å². The van der Waals surface area contributed by atoms with E-state index in [4.69, 9.17) is 18.9 Å². The average Bonchev–Trinajstić information content (AvgIpc) is 3.14. The number of rotatable bonds is 29. The molecular weight excluding hydrogens is 684 g/mol. The predicted molar refractivity (Wildman–Crippen MR) is 187 cm³/mol. The number of nitrogens with zero attached hydrogens (tertiary/aromatic N) is 4. The normalized spacial score (nSPS) is 9.92. The molecule has 0 unspecified atom stereocenters. The molecule has 52 heavy (non-hydrogen) atoms. The third-order valence-corrected chi connectivity index (χ3v) is 6.96. The quantitative estimate of drug-likeness (QED) is 0.0276. The molecule has 0 aromatic rings. The van der Waals surface area contributed by atoms with E-state index in [9.17, 15) is 38.4 Å². The van der Waals surface area contributed by atoms with Crippen LogP contribution in [0.4, 0.5) is 19.2 Å². The number of unbranched alkanes of at least 4 members (excludes halogenated alkanes) is 9. The summed E-state index contributed by atoms with van der Waals surface area (Å²) < 4.78 is 19.8. The van der Waals surface area contributed by atoms with Crippen molar-refractivity contribution in [2.75, 3.05) is 65.7 Å². The monoisotopic (exact) mass is 736 g/mol. The Labute approximate surface area is 304 Å². The molecule has 0 aliphatic heterocycles. The van der Waals surface area contributed by atoms with Crippen LogP contribution in [-0.4, -0.2) is 124 Å². The van der Waals surface area contributed by atoms with Gasteiger partial charge in [-0.15, -0.1) is 0 Å². The van der Waals surface area contributed by atoms with Gasteiger partial charge in [0.1, 0.15) is 26.4 Å². The fraction of sp³-hybridized carbons (Fsp3) is 0.647. The van der Waals surface area contributed by atoms with Crippen LogP contribution < -0.4 is 10.6 Å². The Bertz CT molecular complexity index is 1220. The maximum atomic E-state index is 12.9. The van der Waals surface area contributed by atoms with E-state index in [1.165, 1.54) is 12.2 Å². The van der Waals surface area contributed by atoms with Crippen molar-refractivity contribution in [1.29, 1.82) is 0 Å². The standard InChI is InChI=1S/C34H52N6O12/c1-3-29(43)49-23-25-51-33(47)39(21-15-9-7-12-18-36-28-42)32(46)38-20-14-8-10-16-22-40(34(48)52-26-24-50-30(44)4-2)31(45)37-19-13-6-5-11-17-35-27-41/h3-4H,1-2,5-26H2,(H,37,45)(H,38,46). The maximum absolute atomic E-state index is 12.9. The zero-order valence-corrected chi connectivity index (χ0v) is 29.8. The van der Waals surface area contributed by atoms with Crippen LogP contribution in [0.25, 0.3) is 0 Å². The summed E-state index contributed by atoms with van der Waals surface area (Å²) in [4.78, 5) is 103. The van der Waals surface area contributed by atoms with Crippen molar-refractivity contribution in [3.05, 3.63) is 25.3 Å². The predicted octanol–water partition coefficient (Wildman–Crippen LogP) is 4.09. The molecule has 0 aliphatic rings. The Hall–Kier alpha value is -5.34. The molecule has 0 bridgehead atoms. The Balaban J connectivity index is 4.86. The minimum atomic E-state index is -0.897. The Morgan fingerprint density at radius 1 is 0.519 bits per heavy atom. The number of aliphatic imine (C=N–C) groups is 2. The molecule has 0 aromatic carbocycles. The molecule has 2 N–H and O–H groups in total. The lowest BCUT2D eigenvalue weighted by Crippen LogP contribution is -2.45. The Morgan fingerprint density at radius 3 is 1.23 bits per heavy atom. The van der Waals surface area contributed by atoms with Gasteiger partial charge in [0.25, 0.3) is 0 Å². The van der Waals surface area contributed by atoms with Crippen LogP contribution in [0.1, 0.15) is 77.0 Å². The second-order valence-corrected chi connectivity index (χ2v) is 10.9. The fourth-order valence-corrected chi connectivity index (χ4v) is 4.27. The Morgan fingerprint density at radius 2 is 0.865 bits per heavy atom. The number of carbonyl (C=O) groups is 6. The van der Waals surface area contributed by atoms with Gasteiger partial charge < -0.3 is 29.6 Å². The van der Waals surface area contributed by atoms with E-state index in [0.717, 1.165) is 47.6 Å². The van der Waals surface area contributed by atoms with Gasteiger partial charge in [0, 0.05) is 38.3 Å². The van der Waals surface area contributed by atoms with Crippen LogP contribution in [0.3, 0.4) is 0 Å². The summed E-state index contributed by atoms with van der Waals surface area (Å²) in [6.07, 6.45) is 10.8. The van der Waals surface area contributed by atoms with Gasteiger partial charge in [0.2, 0.25) is 12.2 Å². The largest absolute Gasteiger partial charge is 0.459 e. The number of hydrogen-bond donors (Lipinski definition) is 2. The number of hydrogen-bond acceptors (Lipinski definition) is 14. The fourth-order valence-electron chi connectivity index (χ4n) is 4.27. The molecule has 0 atom stereocenters. The number of nitrogens with one attached hydrogen (secondary N) is 2. The summed E-state index contributed by atoms with van der Waals surface area (Å²) in [5.41, 5.74) is 0. The molecule has 0 saturated heterocycles. The van der Waals surface area contributed by atoms with Gasteiger partial charge in [0.15, 0.2) is 0 Å². The topological polar surface area (TPSA) is 229 Å². The molecule has 0 spiro atoms. The highest BCUT2D eigenvalue weighted by Crippen LogP contribution is 2.07. The third-order valence-electron chi connectivity index (χ3n) is 6.96. The van der Waals surface area contributed by atoms with Crippen molar-refractivity contribution in [3.8, 4) is 0 Å². The van der Waals surface area contributed by atoms with Gasteiger partial charge in [-0.25, -0.2) is 58.1 Å². The first-order valence-corrected chi connectivity index (χ1v) is 17.3. The molecule has 18 heteroatoms. The van der Waals surface area contributed by atoms with Gasteiger partial charge in [0.05, 0.1) is 13.1 Å². The lowest BCUT2D eigenvalue weighted by Gasteiger charge is -2.21. The van der Waals surface area contributed by atoms with Gasteiger partial charge in [-0.2, -0.15) is 0 Å². The molecular formula is C34H52N6O12. The zero-order chi connectivity index (χ0) is 38.7. The summed E-state index contributed by atoms with van der Waals surface area (Å²) in [7, 11) is 0. The van der Waals surface area contributed by atoms with Crippen molar-refractivity contribution in [3.63, 3.8) is 0 Å².